The molecule has 0 saturated carbocycles. The number of hydrogen-bond acceptors (Lipinski definition) is 9. The van der Waals surface area contributed by atoms with Crippen molar-refractivity contribution in [2.24, 2.45) is 5.73 Å². The molecule has 0 atom stereocenters. The Balaban J connectivity index is 1.31. The number of unbranched alkanes of at least 4 members (excludes halogenated alkanes) is 2. The fourth-order valence-electron chi connectivity index (χ4n) is 4.63. The average Bonchev–Trinajstić information content (AvgIpc) is 3.02. The van der Waals surface area contributed by atoms with Crippen LogP contribution in [0.5, 0.6) is 0 Å². The molecular formula is C32H43FN8O2. The van der Waals surface area contributed by atoms with Crippen LogP contribution >= 0.6 is 0 Å². The highest BCUT2D eigenvalue weighted by atomic mass is 19.1. The van der Waals surface area contributed by atoms with Crippen LogP contribution in [0.25, 0.3) is 0 Å². The van der Waals surface area contributed by atoms with Gasteiger partial charge >= 0.3 is 0 Å². The van der Waals surface area contributed by atoms with Crippen molar-refractivity contribution < 1.29 is 13.9 Å². The molecule has 3 aromatic rings. The number of nitrogens with two attached hydrogens (primary N) is 1. The second kappa shape index (κ2) is 17.8. The summed E-state index contributed by atoms with van der Waals surface area (Å²) in [5.74, 6) is 0.968. The number of anilines is 4. The van der Waals surface area contributed by atoms with Gasteiger partial charge in [-0.05, 0) is 80.3 Å². The highest BCUT2D eigenvalue weighted by Gasteiger charge is 2.10. The number of amides is 1. The van der Waals surface area contributed by atoms with Crippen LogP contribution in [0.3, 0.4) is 0 Å². The molecule has 11 heteroatoms. The summed E-state index contributed by atoms with van der Waals surface area (Å²) < 4.78 is 18.7. The topological polar surface area (TPSA) is 139 Å². The number of nitrogens with zero attached hydrogens (tertiary/aromatic N) is 3. The molecule has 6 N–H and O–H groups in total. The second-order valence-corrected chi connectivity index (χ2v) is 10.6. The Hall–Kier alpha value is -4.09. The van der Waals surface area contributed by atoms with Gasteiger partial charge in [0, 0.05) is 38.5 Å². The first-order valence-electron chi connectivity index (χ1n) is 15.1. The molecule has 1 aliphatic rings. The summed E-state index contributed by atoms with van der Waals surface area (Å²) >= 11 is 0. The standard InChI is InChI=1S/C32H43FN8O2/c33-27-13-9-26(10-14-27)23-37-31-39-30(36-22-25-7-3-1-4-8-25)40-32(41-31)38-28-15-11-24(12-16-28)21-29(42)35-18-5-2-6-19-43-20-17-34/h7,9-16H,1-6,8,17-23,34H2,(H,35,42)(H3,36,37,38,39,40,41). The quantitative estimate of drug-likeness (QED) is 0.101. The third-order valence-corrected chi connectivity index (χ3v) is 6.98. The zero-order valence-electron chi connectivity index (χ0n) is 24.7. The largest absolute Gasteiger partial charge is 0.380 e. The number of hydrogen-bond donors (Lipinski definition) is 5. The molecule has 1 aromatic heterocycles. The highest BCUT2D eigenvalue weighted by molar-refractivity contribution is 5.78. The van der Waals surface area contributed by atoms with Gasteiger partial charge in [-0.2, -0.15) is 15.0 Å². The molecule has 0 radical (unpaired) electrons. The number of allylic oxidation sites excluding steroid dienone is 1. The summed E-state index contributed by atoms with van der Waals surface area (Å²) in [6.07, 6.45) is 10.1. The van der Waals surface area contributed by atoms with Gasteiger partial charge in [0.1, 0.15) is 5.82 Å². The summed E-state index contributed by atoms with van der Waals surface area (Å²) in [7, 11) is 0. The lowest BCUT2D eigenvalue weighted by molar-refractivity contribution is -0.120. The summed E-state index contributed by atoms with van der Waals surface area (Å²) in [5, 5.41) is 12.8. The number of halogens is 1. The fourth-order valence-corrected chi connectivity index (χ4v) is 4.63. The third-order valence-electron chi connectivity index (χ3n) is 6.98. The number of nitrogens with one attached hydrogen (secondary N) is 4. The monoisotopic (exact) mass is 590 g/mol. The predicted octanol–water partition coefficient (Wildman–Crippen LogP) is 5.08. The first-order valence-corrected chi connectivity index (χ1v) is 15.1. The van der Waals surface area contributed by atoms with E-state index >= 15 is 0 Å². The van der Waals surface area contributed by atoms with E-state index in [4.69, 9.17) is 10.5 Å². The molecule has 1 amide bonds. The van der Waals surface area contributed by atoms with Crippen LogP contribution in [0.4, 0.5) is 27.9 Å². The van der Waals surface area contributed by atoms with E-state index in [0.717, 1.165) is 48.9 Å². The van der Waals surface area contributed by atoms with Gasteiger partial charge in [0.15, 0.2) is 0 Å². The minimum Gasteiger partial charge on any atom is -0.380 e. The molecule has 0 bridgehead atoms. The van der Waals surface area contributed by atoms with E-state index in [-0.39, 0.29) is 11.7 Å². The molecule has 10 nitrogen and oxygen atoms in total. The maximum atomic E-state index is 13.3. The smallest absolute Gasteiger partial charge is 0.233 e. The van der Waals surface area contributed by atoms with Gasteiger partial charge in [-0.25, -0.2) is 4.39 Å². The normalized spacial score (nSPS) is 12.8. The van der Waals surface area contributed by atoms with Crippen LogP contribution in [-0.4, -0.2) is 53.7 Å². The summed E-state index contributed by atoms with van der Waals surface area (Å²) in [4.78, 5) is 26.0. The maximum Gasteiger partial charge on any atom is 0.233 e. The molecule has 4 rings (SSSR count). The molecule has 0 aliphatic heterocycles. The third kappa shape index (κ3) is 12.0. The van der Waals surface area contributed by atoms with Crippen molar-refractivity contribution >= 4 is 29.4 Å². The SMILES string of the molecule is NCCOCCCCCNC(=O)Cc1ccc(Nc2nc(NCC3=CCCCC3)nc(NCc3ccc(F)cc3)n2)cc1. The van der Waals surface area contributed by atoms with E-state index < -0.39 is 0 Å². The number of carbonyl (C=O) groups is 1. The molecule has 0 spiro atoms. The first kappa shape index (κ1) is 31.8. The maximum absolute atomic E-state index is 13.3. The molecule has 0 saturated heterocycles. The number of ether oxygens (including phenoxy) is 1. The first-order chi connectivity index (χ1) is 21.1. The minimum atomic E-state index is -0.276. The summed E-state index contributed by atoms with van der Waals surface area (Å²) in [6, 6.07) is 13.9. The zero-order valence-corrected chi connectivity index (χ0v) is 24.7. The molecule has 2 aromatic carbocycles. The fraction of sp³-hybridized carbons (Fsp3) is 0.438. The molecule has 43 heavy (non-hydrogen) atoms. The van der Waals surface area contributed by atoms with E-state index in [9.17, 15) is 9.18 Å². The van der Waals surface area contributed by atoms with Crippen LogP contribution in [0.2, 0.25) is 0 Å². The van der Waals surface area contributed by atoms with Gasteiger partial charge in [0.05, 0.1) is 13.0 Å². The zero-order chi connectivity index (χ0) is 30.1. The Labute approximate surface area is 253 Å². The Morgan fingerprint density at radius 1 is 0.837 bits per heavy atom. The number of carbonyl (C=O) groups excluding carboxylic acids is 1. The lowest BCUT2D eigenvalue weighted by Crippen LogP contribution is -2.26. The van der Waals surface area contributed by atoms with Gasteiger partial charge in [-0.15, -0.1) is 0 Å². The minimum absolute atomic E-state index is 0.00164. The Morgan fingerprint density at radius 2 is 1.56 bits per heavy atom. The average molecular weight is 591 g/mol. The van der Waals surface area contributed by atoms with Crippen molar-refractivity contribution in [3.8, 4) is 0 Å². The van der Waals surface area contributed by atoms with E-state index in [1.807, 2.05) is 24.3 Å². The van der Waals surface area contributed by atoms with Crippen LogP contribution in [0.15, 0.2) is 60.2 Å². The van der Waals surface area contributed by atoms with Gasteiger partial charge < -0.3 is 31.7 Å². The molecule has 0 fully saturated rings. The van der Waals surface area contributed by atoms with Crippen LogP contribution < -0.4 is 27.0 Å². The Morgan fingerprint density at radius 3 is 2.28 bits per heavy atom. The Kier molecular flexibility index (Phi) is 13.2. The van der Waals surface area contributed by atoms with E-state index in [0.29, 0.717) is 63.7 Å². The number of benzene rings is 2. The van der Waals surface area contributed by atoms with Gasteiger partial charge in [0.25, 0.3) is 0 Å². The molecular weight excluding hydrogens is 547 g/mol. The van der Waals surface area contributed by atoms with Crippen molar-refractivity contribution in [1.82, 2.24) is 20.3 Å². The van der Waals surface area contributed by atoms with Crippen LogP contribution in [0, 0.1) is 5.82 Å². The van der Waals surface area contributed by atoms with Crippen molar-refractivity contribution in [2.45, 2.75) is 57.9 Å². The summed E-state index contributed by atoms with van der Waals surface area (Å²) in [6.45, 7) is 3.61. The molecule has 230 valence electrons. The van der Waals surface area contributed by atoms with Crippen molar-refractivity contribution in [2.75, 3.05) is 48.8 Å². The van der Waals surface area contributed by atoms with Gasteiger partial charge in [0.2, 0.25) is 23.8 Å². The molecule has 0 unspecified atom stereocenters. The number of rotatable bonds is 18. The second-order valence-electron chi connectivity index (χ2n) is 10.6. The van der Waals surface area contributed by atoms with Crippen molar-refractivity contribution in [1.29, 1.82) is 0 Å². The van der Waals surface area contributed by atoms with Crippen molar-refractivity contribution in [3.63, 3.8) is 0 Å². The van der Waals surface area contributed by atoms with Gasteiger partial charge in [-0.1, -0.05) is 35.9 Å². The van der Waals surface area contributed by atoms with Gasteiger partial charge in [-0.3, -0.25) is 4.79 Å². The van der Waals surface area contributed by atoms with Crippen LogP contribution in [0.1, 0.15) is 56.1 Å². The lowest BCUT2D eigenvalue weighted by Gasteiger charge is -2.15. The highest BCUT2D eigenvalue weighted by Crippen LogP contribution is 2.20. The molecule has 1 heterocycles. The van der Waals surface area contributed by atoms with E-state index in [2.05, 4.69) is 42.3 Å². The van der Waals surface area contributed by atoms with Crippen molar-refractivity contribution in [3.05, 3.63) is 77.1 Å². The number of aromatic nitrogens is 3. The Bertz CT molecular complexity index is 1300. The van der Waals surface area contributed by atoms with E-state index in [1.165, 1.54) is 30.5 Å². The summed E-state index contributed by atoms with van der Waals surface area (Å²) in [5.41, 5.74) is 9.37. The lowest BCUT2D eigenvalue weighted by atomic mass is 10.00. The molecule has 1 aliphatic carbocycles. The van der Waals surface area contributed by atoms with Crippen LogP contribution in [-0.2, 0) is 22.5 Å². The predicted molar refractivity (Wildman–Crippen MR) is 169 cm³/mol. The van der Waals surface area contributed by atoms with E-state index in [1.54, 1.807) is 12.1 Å².